The zero-order valence-electron chi connectivity index (χ0n) is 9.53. The summed E-state index contributed by atoms with van der Waals surface area (Å²) in [6.45, 7) is 7.22. The van der Waals surface area contributed by atoms with Gasteiger partial charge in [-0.1, -0.05) is 6.92 Å². The zero-order chi connectivity index (χ0) is 11.3. The maximum atomic E-state index is 11.7. The van der Waals surface area contributed by atoms with Crippen LogP contribution in [0.25, 0.3) is 0 Å². The van der Waals surface area contributed by atoms with Gasteiger partial charge in [0, 0.05) is 19.1 Å². The molecule has 0 aromatic carbocycles. The van der Waals surface area contributed by atoms with Crippen molar-refractivity contribution in [1.29, 1.82) is 0 Å². The van der Waals surface area contributed by atoms with Crippen LogP contribution in [0, 0.1) is 5.92 Å². The third kappa shape index (κ3) is 3.68. The molecule has 0 aliphatic carbocycles. The fraction of sp³-hybridized carbons (Fsp3) is 0.900. The number of nitrogens with one attached hydrogen (secondary N) is 1. The van der Waals surface area contributed by atoms with Crippen LogP contribution in [-0.2, 0) is 4.74 Å². The van der Waals surface area contributed by atoms with Crippen LogP contribution < -0.4 is 11.1 Å². The van der Waals surface area contributed by atoms with Gasteiger partial charge in [-0.25, -0.2) is 4.79 Å². The molecule has 1 heterocycles. The van der Waals surface area contributed by atoms with Crippen LogP contribution in [0.2, 0.25) is 0 Å². The van der Waals surface area contributed by atoms with Gasteiger partial charge in [0.2, 0.25) is 0 Å². The van der Waals surface area contributed by atoms with Gasteiger partial charge >= 0.3 is 6.03 Å². The molecular weight excluding hydrogens is 194 g/mol. The highest BCUT2D eigenvalue weighted by molar-refractivity contribution is 5.74. The summed E-state index contributed by atoms with van der Waals surface area (Å²) in [6.07, 6.45) is 0. The molecule has 88 valence electrons. The van der Waals surface area contributed by atoms with Gasteiger partial charge in [0.25, 0.3) is 0 Å². The molecule has 2 unspecified atom stereocenters. The number of amides is 2. The maximum Gasteiger partial charge on any atom is 0.317 e. The first kappa shape index (κ1) is 12.3. The molecule has 0 radical (unpaired) electrons. The van der Waals surface area contributed by atoms with Gasteiger partial charge in [0.05, 0.1) is 13.2 Å². The van der Waals surface area contributed by atoms with Crippen LogP contribution in [0.3, 0.4) is 0 Å². The molecule has 5 nitrogen and oxygen atoms in total. The molecule has 1 aliphatic rings. The van der Waals surface area contributed by atoms with Crippen LogP contribution >= 0.6 is 0 Å². The Labute approximate surface area is 90.9 Å². The smallest absolute Gasteiger partial charge is 0.317 e. The van der Waals surface area contributed by atoms with Crippen LogP contribution in [-0.4, -0.2) is 49.8 Å². The highest BCUT2D eigenvalue weighted by Gasteiger charge is 2.20. The van der Waals surface area contributed by atoms with E-state index < -0.39 is 0 Å². The van der Waals surface area contributed by atoms with E-state index in [2.05, 4.69) is 5.32 Å². The Hall–Kier alpha value is -0.810. The van der Waals surface area contributed by atoms with Gasteiger partial charge in [0.1, 0.15) is 0 Å². The molecule has 0 saturated carbocycles. The summed E-state index contributed by atoms with van der Waals surface area (Å²) in [4.78, 5) is 13.5. The topological polar surface area (TPSA) is 67.6 Å². The Morgan fingerprint density at radius 3 is 2.60 bits per heavy atom. The standard InChI is InChI=1S/C10H21N3O2/c1-8(7-11)9(2)12-10(14)13-3-5-15-6-4-13/h8-9H,3-7,11H2,1-2H3,(H,12,14). The van der Waals surface area contributed by atoms with Gasteiger partial charge in [0.15, 0.2) is 0 Å². The number of urea groups is 1. The molecule has 3 N–H and O–H groups in total. The monoisotopic (exact) mass is 215 g/mol. The largest absolute Gasteiger partial charge is 0.378 e. The summed E-state index contributed by atoms with van der Waals surface area (Å²) in [5.74, 6) is 0.301. The molecule has 1 rings (SSSR count). The molecule has 5 heteroatoms. The van der Waals surface area contributed by atoms with Crippen molar-refractivity contribution < 1.29 is 9.53 Å². The average molecular weight is 215 g/mol. The van der Waals surface area contributed by atoms with E-state index in [-0.39, 0.29) is 12.1 Å². The third-order valence-corrected chi connectivity index (χ3v) is 2.87. The lowest BCUT2D eigenvalue weighted by molar-refractivity contribution is 0.0522. The zero-order valence-corrected chi connectivity index (χ0v) is 9.53. The molecule has 0 aromatic rings. The lowest BCUT2D eigenvalue weighted by atomic mass is 10.0. The van der Waals surface area contributed by atoms with Crippen molar-refractivity contribution in [1.82, 2.24) is 10.2 Å². The predicted octanol–water partition coefficient (Wildman–Crippen LogP) is 0.0115. The number of carbonyl (C=O) groups excluding carboxylic acids is 1. The third-order valence-electron chi connectivity index (χ3n) is 2.87. The van der Waals surface area contributed by atoms with Crippen LogP contribution in [0.4, 0.5) is 4.79 Å². The second kappa shape index (κ2) is 5.92. The van der Waals surface area contributed by atoms with Crippen molar-refractivity contribution in [3.8, 4) is 0 Å². The van der Waals surface area contributed by atoms with Gasteiger partial charge < -0.3 is 20.7 Å². The van der Waals surface area contributed by atoms with Crippen molar-refractivity contribution in [2.24, 2.45) is 11.7 Å². The highest BCUT2D eigenvalue weighted by Crippen LogP contribution is 2.02. The number of carbonyl (C=O) groups is 1. The van der Waals surface area contributed by atoms with Crippen molar-refractivity contribution in [3.05, 3.63) is 0 Å². The Morgan fingerprint density at radius 2 is 2.07 bits per heavy atom. The summed E-state index contributed by atoms with van der Waals surface area (Å²) in [7, 11) is 0. The first-order valence-electron chi connectivity index (χ1n) is 5.48. The van der Waals surface area contributed by atoms with Gasteiger partial charge in [-0.2, -0.15) is 0 Å². The van der Waals surface area contributed by atoms with E-state index in [1.807, 2.05) is 13.8 Å². The highest BCUT2D eigenvalue weighted by atomic mass is 16.5. The fourth-order valence-electron chi connectivity index (χ4n) is 1.40. The second-order valence-electron chi connectivity index (χ2n) is 4.05. The maximum absolute atomic E-state index is 11.7. The minimum Gasteiger partial charge on any atom is -0.378 e. The number of ether oxygens (including phenoxy) is 1. The lowest BCUT2D eigenvalue weighted by Gasteiger charge is -2.29. The van der Waals surface area contributed by atoms with E-state index in [0.29, 0.717) is 38.8 Å². The van der Waals surface area contributed by atoms with E-state index in [9.17, 15) is 4.79 Å². The summed E-state index contributed by atoms with van der Waals surface area (Å²) in [6, 6.07) is 0.108. The average Bonchev–Trinajstić information content (AvgIpc) is 2.29. The van der Waals surface area contributed by atoms with E-state index >= 15 is 0 Å². The molecular formula is C10H21N3O2. The lowest BCUT2D eigenvalue weighted by Crippen LogP contribution is -2.50. The van der Waals surface area contributed by atoms with E-state index in [1.54, 1.807) is 4.90 Å². The van der Waals surface area contributed by atoms with Crippen molar-refractivity contribution in [2.75, 3.05) is 32.8 Å². The predicted molar refractivity (Wildman–Crippen MR) is 58.6 cm³/mol. The Morgan fingerprint density at radius 1 is 1.47 bits per heavy atom. The molecule has 0 spiro atoms. The fourth-order valence-corrected chi connectivity index (χ4v) is 1.40. The Bertz CT molecular complexity index is 205. The molecule has 1 fully saturated rings. The van der Waals surface area contributed by atoms with Crippen molar-refractivity contribution in [3.63, 3.8) is 0 Å². The number of hydrogen-bond donors (Lipinski definition) is 2. The number of hydrogen-bond acceptors (Lipinski definition) is 3. The van der Waals surface area contributed by atoms with E-state index in [4.69, 9.17) is 10.5 Å². The molecule has 1 aliphatic heterocycles. The second-order valence-corrected chi connectivity index (χ2v) is 4.05. The van der Waals surface area contributed by atoms with Gasteiger partial charge in [-0.05, 0) is 19.4 Å². The van der Waals surface area contributed by atoms with E-state index in [1.165, 1.54) is 0 Å². The first-order valence-corrected chi connectivity index (χ1v) is 5.48. The first-order chi connectivity index (χ1) is 7.15. The summed E-state index contributed by atoms with van der Waals surface area (Å²) >= 11 is 0. The normalized spacial score (nSPS) is 20.9. The number of morpholine rings is 1. The summed E-state index contributed by atoms with van der Waals surface area (Å²) < 4.78 is 5.18. The molecule has 0 aromatic heterocycles. The minimum absolute atomic E-state index is 0.00824. The van der Waals surface area contributed by atoms with Crippen LogP contribution in [0.5, 0.6) is 0 Å². The van der Waals surface area contributed by atoms with Gasteiger partial charge in [-0.15, -0.1) is 0 Å². The Kier molecular flexibility index (Phi) is 4.84. The van der Waals surface area contributed by atoms with E-state index in [0.717, 1.165) is 0 Å². The van der Waals surface area contributed by atoms with Crippen LogP contribution in [0.1, 0.15) is 13.8 Å². The molecule has 2 atom stereocenters. The Balaban J connectivity index is 2.33. The molecule has 15 heavy (non-hydrogen) atoms. The summed E-state index contributed by atoms with van der Waals surface area (Å²) in [5, 5.41) is 2.95. The van der Waals surface area contributed by atoms with Crippen molar-refractivity contribution in [2.45, 2.75) is 19.9 Å². The number of rotatable bonds is 3. The number of nitrogens with zero attached hydrogens (tertiary/aromatic N) is 1. The SMILES string of the molecule is CC(CN)C(C)NC(=O)N1CCOCC1. The molecule has 0 bridgehead atoms. The summed E-state index contributed by atoms with van der Waals surface area (Å²) in [5.41, 5.74) is 5.54. The minimum atomic E-state index is -0.00824. The number of nitrogens with two attached hydrogens (primary N) is 1. The quantitative estimate of drug-likeness (QED) is 0.697. The molecule has 1 saturated heterocycles. The van der Waals surface area contributed by atoms with Crippen molar-refractivity contribution >= 4 is 6.03 Å². The van der Waals surface area contributed by atoms with Gasteiger partial charge in [-0.3, -0.25) is 0 Å². The van der Waals surface area contributed by atoms with Crippen LogP contribution in [0.15, 0.2) is 0 Å². The molecule has 2 amide bonds.